The van der Waals surface area contributed by atoms with Gasteiger partial charge in [0.05, 0.1) is 17.6 Å². The van der Waals surface area contributed by atoms with Crippen LogP contribution in [0.4, 0.5) is 0 Å². The van der Waals surface area contributed by atoms with Gasteiger partial charge in [0, 0.05) is 5.56 Å². The third kappa shape index (κ3) is 2.61. The molecule has 106 valence electrons. The average Bonchev–Trinajstić information content (AvgIpc) is 2.92. The Balaban J connectivity index is 2.22. The second-order valence-electron chi connectivity index (χ2n) is 5.12. The van der Waals surface area contributed by atoms with Crippen LogP contribution in [0, 0.1) is 13.8 Å². The van der Waals surface area contributed by atoms with Gasteiger partial charge in [-0.1, -0.05) is 59.8 Å². The van der Waals surface area contributed by atoms with Crippen LogP contribution in [-0.4, -0.2) is 15.8 Å². The van der Waals surface area contributed by atoms with Crippen molar-refractivity contribution < 1.29 is 0 Å². The maximum absolute atomic E-state index is 4.58. The van der Waals surface area contributed by atoms with Crippen LogP contribution in [0.2, 0.25) is 0 Å². The molecule has 1 aromatic heterocycles. The largest absolute Gasteiger partial charge is 0.287 e. The number of nitrogens with zero attached hydrogens (tertiary/aromatic N) is 2. The van der Waals surface area contributed by atoms with E-state index in [-0.39, 0.29) is 0 Å². The smallest absolute Gasteiger partial charge is 0.172 e. The molecular formula is C18H18N2S. The third-order valence-electron chi connectivity index (χ3n) is 3.62. The summed E-state index contributed by atoms with van der Waals surface area (Å²) in [6.45, 7) is 4.24. The lowest BCUT2D eigenvalue weighted by atomic mass is 10.1. The summed E-state index contributed by atoms with van der Waals surface area (Å²) in [6, 6.07) is 17.0. The molecule has 0 amide bonds. The van der Waals surface area contributed by atoms with Crippen LogP contribution in [0.25, 0.3) is 16.9 Å². The van der Waals surface area contributed by atoms with E-state index >= 15 is 0 Å². The number of imidazole rings is 1. The molecule has 0 N–H and O–H groups in total. The minimum absolute atomic E-state index is 1.01. The van der Waals surface area contributed by atoms with Crippen LogP contribution in [-0.2, 0) is 0 Å². The van der Waals surface area contributed by atoms with Crippen molar-refractivity contribution in [2.24, 2.45) is 0 Å². The fourth-order valence-corrected chi connectivity index (χ4v) is 2.99. The molecule has 0 unspecified atom stereocenters. The Morgan fingerprint density at radius 2 is 1.67 bits per heavy atom. The lowest BCUT2D eigenvalue weighted by molar-refractivity contribution is 0.895. The van der Waals surface area contributed by atoms with Crippen LogP contribution >= 0.6 is 11.8 Å². The molecule has 0 fully saturated rings. The van der Waals surface area contributed by atoms with Gasteiger partial charge in [0.25, 0.3) is 0 Å². The normalized spacial score (nSPS) is 10.8. The standard InChI is InChI=1S/C18H18N2S/c1-13-8-10-15(11-9-13)17-12-19-18(21-3)20(17)16-7-5-4-6-14(16)2/h4-12H,1-3H3. The molecule has 2 nitrogen and oxygen atoms in total. The molecule has 0 saturated heterocycles. The molecule has 0 aliphatic heterocycles. The number of hydrogen-bond donors (Lipinski definition) is 0. The first kappa shape index (κ1) is 14.0. The molecule has 21 heavy (non-hydrogen) atoms. The minimum atomic E-state index is 1.01. The summed E-state index contributed by atoms with van der Waals surface area (Å²) in [5.41, 5.74) is 6.03. The molecule has 0 aliphatic carbocycles. The van der Waals surface area contributed by atoms with Crippen LogP contribution in [0.1, 0.15) is 11.1 Å². The fraction of sp³-hybridized carbons (Fsp3) is 0.167. The Bertz CT molecular complexity index is 757. The summed E-state index contributed by atoms with van der Waals surface area (Å²) in [5, 5.41) is 1.01. The van der Waals surface area contributed by atoms with Gasteiger partial charge in [-0.2, -0.15) is 0 Å². The molecule has 2 aromatic carbocycles. The molecule has 3 heteroatoms. The van der Waals surface area contributed by atoms with E-state index in [1.165, 1.54) is 22.4 Å². The first-order valence-electron chi connectivity index (χ1n) is 6.95. The average molecular weight is 294 g/mol. The maximum Gasteiger partial charge on any atom is 0.172 e. The number of aryl methyl sites for hydroxylation is 2. The Morgan fingerprint density at radius 1 is 0.952 bits per heavy atom. The van der Waals surface area contributed by atoms with Gasteiger partial charge in [-0.15, -0.1) is 0 Å². The van der Waals surface area contributed by atoms with Crippen LogP contribution in [0.15, 0.2) is 59.9 Å². The van der Waals surface area contributed by atoms with Gasteiger partial charge in [-0.25, -0.2) is 4.98 Å². The second-order valence-corrected chi connectivity index (χ2v) is 5.89. The molecule has 0 bridgehead atoms. The number of rotatable bonds is 3. The highest BCUT2D eigenvalue weighted by Gasteiger charge is 2.14. The lowest BCUT2D eigenvalue weighted by Crippen LogP contribution is -2.00. The monoisotopic (exact) mass is 294 g/mol. The van der Waals surface area contributed by atoms with Gasteiger partial charge in [-0.05, 0) is 31.7 Å². The van der Waals surface area contributed by atoms with Crippen molar-refractivity contribution in [3.8, 4) is 16.9 Å². The molecule has 0 aliphatic rings. The third-order valence-corrected chi connectivity index (χ3v) is 4.27. The summed E-state index contributed by atoms with van der Waals surface area (Å²) in [4.78, 5) is 4.58. The van der Waals surface area contributed by atoms with Crippen molar-refractivity contribution in [1.82, 2.24) is 9.55 Å². The number of aromatic nitrogens is 2. The second kappa shape index (κ2) is 5.78. The minimum Gasteiger partial charge on any atom is -0.287 e. The number of hydrogen-bond acceptors (Lipinski definition) is 2. The quantitative estimate of drug-likeness (QED) is 0.641. The molecule has 1 heterocycles. The van der Waals surface area contributed by atoms with Gasteiger partial charge in [-0.3, -0.25) is 4.57 Å². The highest BCUT2D eigenvalue weighted by molar-refractivity contribution is 7.98. The van der Waals surface area contributed by atoms with E-state index in [0.717, 1.165) is 10.9 Å². The lowest BCUT2D eigenvalue weighted by Gasteiger charge is -2.13. The Kier molecular flexibility index (Phi) is 3.84. The summed E-state index contributed by atoms with van der Waals surface area (Å²) in [5.74, 6) is 0. The topological polar surface area (TPSA) is 17.8 Å². The highest BCUT2D eigenvalue weighted by atomic mass is 32.2. The van der Waals surface area contributed by atoms with Crippen molar-refractivity contribution in [1.29, 1.82) is 0 Å². The molecule has 0 saturated carbocycles. The van der Waals surface area contributed by atoms with Crippen molar-refractivity contribution >= 4 is 11.8 Å². The zero-order chi connectivity index (χ0) is 14.8. The van der Waals surface area contributed by atoms with Gasteiger partial charge in [0.15, 0.2) is 5.16 Å². The maximum atomic E-state index is 4.58. The molecule has 3 aromatic rings. The molecule has 0 spiro atoms. The van der Waals surface area contributed by atoms with Gasteiger partial charge in [0.2, 0.25) is 0 Å². The number of thioether (sulfide) groups is 1. The fourth-order valence-electron chi connectivity index (χ4n) is 2.45. The SMILES string of the molecule is CSc1ncc(-c2ccc(C)cc2)n1-c1ccccc1C. The molecule has 0 atom stereocenters. The van der Waals surface area contributed by atoms with E-state index in [0.29, 0.717) is 0 Å². The molecule has 3 rings (SSSR count). The van der Waals surface area contributed by atoms with Crippen LogP contribution in [0.3, 0.4) is 0 Å². The van der Waals surface area contributed by atoms with Crippen LogP contribution < -0.4 is 0 Å². The predicted molar refractivity (Wildman–Crippen MR) is 90.3 cm³/mol. The molecule has 0 radical (unpaired) electrons. The van der Waals surface area contributed by atoms with Crippen molar-refractivity contribution in [3.05, 3.63) is 65.9 Å². The van der Waals surface area contributed by atoms with E-state index in [2.05, 4.69) is 78.2 Å². The number of para-hydroxylation sites is 1. The van der Waals surface area contributed by atoms with Gasteiger partial charge in [0.1, 0.15) is 0 Å². The van der Waals surface area contributed by atoms with Crippen molar-refractivity contribution in [2.75, 3.05) is 6.26 Å². The van der Waals surface area contributed by atoms with Crippen molar-refractivity contribution in [3.63, 3.8) is 0 Å². The Morgan fingerprint density at radius 3 is 2.33 bits per heavy atom. The Hall–Kier alpha value is -2.00. The van der Waals surface area contributed by atoms with Crippen molar-refractivity contribution in [2.45, 2.75) is 19.0 Å². The van der Waals surface area contributed by atoms with E-state index in [4.69, 9.17) is 0 Å². The molecular weight excluding hydrogens is 276 g/mol. The summed E-state index contributed by atoms with van der Waals surface area (Å²) in [6.07, 6.45) is 4.03. The first-order valence-corrected chi connectivity index (χ1v) is 8.18. The zero-order valence-corrected chi connectivity index (χ0v) is 13.3. The Labute approximate surface area is 129 Å². The summed E-state index contributed by atoms with van der Waals surface area (Å²) >= 11 is 1.67. The van der Waals surface area contributed by atoms with E-state index in [1.54, 1.807) is 11.8 Å². The summed E-state index contributed by atoms with van der Waals surface area (Å²) in [7, 11) is 0. The van der Waals surface area contributed by atoms with Gasteiger partial charge >= 0.3 is 0 Å². The predicted octanol–water partition coefficient (Wildman–Crippen LogP) is 4.88. The van der Waals surface area contributed by atoms with E-state index < -0.39 is 0 Å². The number of benzene rings is 2. The zero-order valence-electron chi connectivity index (χ0n) is 12.5. The highest BCUT2D eigenvalue weighted by Crippen LogP contribution is 2.30. The van der Waals surface area contributed by atoms with E-state index in [9.17, 15) is 0 Å². The van der Waals surface area contributed by atoms with Crippen LogP contribution in [0.5, 0.6) is 0 Å². The van der Waals surface area contributed by atoms with E-state index in [1.807, 2.05) is 6.20 Å². The first-order chi connectivity index (χ1) is 10.2. The summed E-state index contributed by atoms with van der Waals surface area (Å²) < 4.78 is 2.24. The van der Waals surface area contributed by atoms with Gasteiger partial charge < -0.3 is 0 Å².